The Hall–Kier alpha value is -1.28. The molecule has 43 heavy (non-hydrogen) atoms. The maximum atomic E-state index is 12.7. The van der Waals surface area contributed by atoms with Crippen molar-refractivity contribution >= 4 is 13.7 Å². The SMILES string of the molecule is CCC/C=C\C/C=C\CCCCCCCC(=O)NC(COP(=O)([O-])OCC[N+](C)(C)C)C(O)/C=C/CCCCCCCC. The normalized spacial score (nSPS) is 15.4. The molecular weight excluding hydrogens is 563 g/mol. The fourth-order valence-electron chi connectivity index (χ4n) is 4.30. The van der Waals surface area contributed by atoms with Gasteiger partial charge in [0.1, 0.15) is 13.2 Å². The molecule has 0 rings (SSSR count). The van der Waals surface area contributed by atoms with Gasteiger partial charge in [0, 0.05) is 6.42 Å². The molecule has 1 amide bonds. The van der Waals surface area contributed by atoms with E-state index in [-0.39, 0.29) is 19.1 Å². The highest BCUT2D eigenvalue weighted by atomic mass is 31.2. The van der Waals surface area contributed by atoms with Crippen molar-refractivity contribution in [1.29, 1.82) is 0 Å². The lowest BCUT2D eigenvalue weighted by molar-refractivity contribution is -0.870. The first kappa shape index (κ1) is 41.7. The second-order valence-corrected chi connectivity index (χ2v) is 13.9. The predicted molar refractivity (Wildman–Crippen MR) is 178 cm³/mol. The number of carbonyl (C=O) groups excluding carboxylic acids is 1. The number of amides is 1. The van der Waals surface area contributed by atoms with E-state index in [4.69, 9.17) is 9.05 Å². The number of aliphatic hydroxyl groups is 1. The van der Waals surface area contributed by atoms with Crippen LogP contribution in [0.5, 0.6) is 0 Å². The smallest absolute Gasteiger partial charge is 0.268 e. The third kappa shape index (κ3) is 29.2. The molecule has 0 bridgehead atoms. The molecule has 0 saturated carbocycles. The van der Waals surface area contributed by atoms with E-state index in [9.17, 15) is 19.4 Å². The second-order valence-electron chi connectivity index (χ2n) is 12.5. The summed E-state index contributed by atoms with van der Waals surface area (Å²) in [6.45, 7) is 4.48. The summed E-state index contributed by atoms with van der Waals surface area (Å²) in [6.07, 6.45) is 29.1. The molecule has 9 heteroatoms. The lowest BCUT2D eigenvalue weighted by Crippen LogP contribution is -2.45. The summed E-state index contributed by atoms with van der Waals surface area (Å²) in [6, 6.07) is -0.888. The average molecular weight is 629 g/mol. The van der Waals surface area contributed by atoms with Crippen LogP contribution in [0.1, 0.15) is 123 Å². The number of aliphatic hydroxyl groups excluding tert-OH is 1. The van der Waals surface area contributed by atoms with Crippen LogP contribution in [0.3, 0.4) is 0 Å². The lowest BCUT2D eigenvalue weighted by atomic mass is 10.1. The van der Waals surface area contributed by atoms with Crippen LogP contribution < -0.4 is 10.2 Å². The zero-order valence-corrected chi connectivity index (χ0v) is 29.0. The van der Waals surface area contributed by atoms with Crippen molar-refractivity contribution in [1.82, 2.24) is 5.32 Å². The van der Waals surface area contributed by atoms with Gasteiger partial charge in [0.05, 0.1) is 39.9 Å². The predicted octanol–water partition coefficient (Wildman–Crippen LogP) is 7.38. The monoisotopic (exact) mass is 628 g/mol. The Labute approximate surface area is 264 Å². The van der Waals surface area contributed by atoms with Crippen LogP contribution in [-0.4, -0.2) is 68.5 Å². The van der Waals surface area contributed by atoms with E-state index < -0.39 is 20.0 Å². The Balaban J connectivity index is 4.60. The number of phosphoric ester groups is 1. The van der Waals surface area contributed by atoms with Crippen molar-refractivity contribution in [2.24, 2.45) is 0 Å². The van der Waals surface area contributed by atoms with Crippen molar-refractivity contribution in [3.8, 4) is 0 Å². The molecule has 0 aromatic heterocycles. The molecule has 0 radical (unpaired) electrons. The quantitative estimate of drug-likeness (QED) is 0.0387. The van der Waals surface area contributed by atoms with Gasteiger partial charge in [-0.25, -0.2) is 0 Å². The van der Waals surface area contributed by atoms with Gasteiger partial charge in [0.15, 0.2) is 0 Å². The van der Waals surface area contributed by atoms with Crippen molar-refractivity contribution in [3.63, 3.8) is 0 Å². The maximum absolute atomic E-state index is 12.7. The van der Waals surface area contributed by atoms with Gasteiger partial charge in [-0.15, -0.1) is 0 Å². The van der Waals surface area contributed by atoms with Gasteiger partial charge in [-0.05, 0) is 44.9 Å². The van der Waals surface area contributed by atoms with Crippen LogP contribution in [0.15, 0.2) is 36.5 Å². The van der Waals surface area contributed by atoms with E-state index in [1.165, 1.54) is 32.1 Å². The number of hydrogen-bond donors (Lipinski definition) is 2. The molecule has 0 heterocycles. The van der Waals surface area contributed by atoms with Gasteiger partial charge < -0.3 is 28.8 Å². The Kier molecular flexibility index (Phi) is 26.3. The number of rotatable bonds is 29. The first-order valence-corrected chi connectivity index (χ1v) is 18.3. The van der Waals surface area contributed by atoms with E-state index in [1.54, 1.807) is 6.08 Å². The third-order valence-electron chi connectivity index (χ3n) is 7.08. The summed E-state index contributed by atoms with van der Waals surface area (Å²) in [5.41, 5.74) is 0. The van der Waals surface area contributed by atoms with Crippen molar-refractivity contribution in [3.05, 3.63) is 36.5 Å². The molecule has 0 aromatic rings. The zero-order valence-electron chi connectivity index (χ0n) is 28.1. The van der Waals surface area contributed by atoms with E-state index in [2.05, 4.69) is 43.5 Å². The van der Waals surface area contributed by atoms with E-state index in [0.717, 1.165) is 70.6 Å². The standard InChI is InChI=1S/C34H65N2O6P/c1-6-8-10-12-14-16-17-18-19-20-22-24-26-28-34(38)35-32(31-42-43(39,40)41-30-29-36(3,4)5)33(37)27-25-23-21-15-13-11-9-7-2/h10,12,16-17,25,27,32-33,37H,6-9,11,13-15,18-24,26,28-31H2,1-5H3,(H-,35,38,39,40)/b12-10-,17-16-,27-25+. The van der Waals surface area contributed by atoms with Gasteiger partial charge in [-0.1, -0.05) is 108 Å². The van der Waals surface area contributed by atoms with Crippen LogP contribution in [0.4, 0.5) is 0 Å². The maximum Gasteiger partial charge on any atom is 0.268 e. The average Bonchev–Trinajstić information content (AvgIpc) is 2.94. The topological polar surface area (TPSA) is 108 Å². The molecule has 0 aromatic carbocycles. The molecule has 3 unspecified atom stereocenters. The zero-order chi connectivity index (χ0) is 32.2. The number of nitrogens with one attached hydrogen (secondary N) is 1. The van der Waals surface area contributed by atoms with E-state index >= 15 is 0 Å². The van der Waals surface area contributed by atoms with Gasteiger partial charge in [-0.3, -0.25) is 9.36 Å². The third-order valence-corrected chi connectivity index (χ3v) is 8.04. The summed E-state index contributed by atoms with van der Waals surface area (Å²) in [5, 5.41) is 13.6. The van der Waals surface area contributed by atoms with E-state index in [1.807, 2.05) is 27.2 Å². The minimum absolute atomic E-state index is 0.00526. The largest absolute Gasteiger partial charge is 0.756 e. The summed E-state index contributed by atoms with van der Waals surface area (Å²) in [7, 11) is 1.24. The number of likely N-dealkylation sites (N-methyl/N-ethyl adjacent to an activating group) is 1. The molecule has 0 aliphatic rings. The summed E-state index contributed by atoms with van der Waals surface area (Å²) in [5.74, 6) is -0.220. The molecule has 0 aliphatic heterocycles. The van der Waals surface area contributed by atoms with Crippen LogP contribution in [0.2, 0.25) is 0 Å². The van der Waals surface area contributed by atoms with Gasteiger partial charge in [-0.2, -0.15) is 0 Å². The Bertz CT molecular complexity index is 809. The number of allylic oxidation sites excluding steroid dienone is 5. The second kappa shape index (κ2) is 27.1. The molecular formula is C34H65N2O6P. The fourth-order valence-corrected chi connectivity index (χ4v) is 5.03. The molecule has 0 aliphatic carbocycles. The number of carbonyl (C=O) groups is 1. The summed E-state index contributed by atoms with van der Waals surface area (Å²) in [4.78, 5) is 25.0. The number of phosphoric acid groups is 1. The number of hydrogen-bond acceptors (Lipinski definition) is 6. The van der Waals surface area contributed by atoms with Gasteiger partial charge >= 0.3 is 0 Å². The van der Waals surface area contributed by atoms with Crippen LogP contribution in [-0.2, 0) is 18.4 Å². The Morgan fingerprint density at radius 2 is 1.40 bits per heavy atom. The molecule has 3 atom stereocenters. The van der Waals surface area contributed by atoms with Crippen molar-refractivity contribution < 1.29 is 32.9 Å². The molecule has 0 fully saturated rings. The molecule has 252 valence electrons. The van der Waals surface area contributed by atoms with Crippen LogP contribution in [0.25, 0.3) is 0 Å². The lowest BCUT2D eigenvalue weighted by Gasteiger charge is -2.29. The van der Waals surface area contributed by atoms with Crippen LogP contribution in [0, 0.1) is 0 Å². The Morgan fingerprint density at radius 1 is 0.814 bits per heavy atom. The van der Waals surface area contributed by atoms with Crippen molar-refractivity contribution in [2.75, 3.05) is 40.9 Å². The highest BCUT2D eigenvalue weighted by Gasteiger charge is 2.23. The summed E-state index contributed by atoms with van der Waals surface area (Å²) >= 11 is 0. The van der Waals surface area contributed by atoms with Crippen molar-refractivity contribution in [2.45, 2.75) is 135 Å². The van der Waals surface area contributed by atoms with Gasteiger partial charge in [0.2, 0.25) is 5.91 Å². The molecule has 8 nitrogen and oxygen atoms in total. The first-order valence-electron chi connectivity index (χ1n) is 16.9. The van der Waals surface area contributed by atoms with Gasteiger partial charge in [0.25, 0.3) is 7.82 Å². The molecule has 0 saturated heterocycles. The molecule has 2 N–H and O–H groups in total. The fraction of sp³-hybridized carbons (Fsp3) is 0.794. The van der Waals surface area contributed by atoms with E-state index in [0.29, 0.717) is 17.4 Å². The minimum Gasteiger partial charge on any atom is -0.756 e. The minimum atomic E-state index is -4.57. The highest BCUT2D eigenvalue weighted by molar-refractivity contribution is 7.45. The number of unbranched alkanes of at least 4 members (excludes halogenated alkanes) is 12. The first-order chi connectivity index (χ1) is 20.5. The summed E-state index contributed by atoms with van der Waals surface area (Å²) < 4.78 is 22.9. The Morgan fingerprint density at radius 3 is 2.02 bits per heavy atom. The number of nitrogens with zero attached hydrogens (tertiary/aromatic N) is 1. The molecule has 0 spiro atoms. The number of quaternary nitrogens is 1. The van der Waals surface area contributed by atoms with Crippen LogP contribution >= 0.6 is 7.82 Å². The highest BCUT2D eigenvalue weighted by Crippen LogP contribution is 2.38.